The maximum atomic E-state index is 12.4. The summed E-state index contributed by atoms with van der Waals surface area (Å²) < 4.78 is 10.9. The van der Waals surface area contributed by atoms with E-state index in [2.05, 4.69) is 15.5 Å². The molecular weight excluding hydrogens is 406 g/mol. The molecule has 0 bridgehead atoms. The number of nitrogens with zero attached hydrogens (tertiary/aromatic N) is 1. The number of benzene rings is 3. The van der Waals surface area contributed by atoms with Crippen LogP contribution in [0, 0.1) is 0 Å². The Morgan fingerprint density at radius 2 is 1.77 bits per heavy atom. The van der Waals surface area contributed by atoms with Gasteiger partial charge in [0.1, 0.15) is 5.75 Å². The number of amides is 1. The van der Waals surface area contributed by atoms with Crippen LogP contribution in [-0.4, -0.2) is 28.7 Å². The van der Waals surface area contributed by atoms with Gasteiger partial charge in [0.25, 0.3) is 5.91 Å². The Morgan fingerprint density at radius 3 is 2.60 bits per heavy atom. The molecule has 4 rings (SSSR count). The molecule has 4 aromatic rings. The number of rotatable bonds is 6. The summed E-state index contributed by atoms with van der Waals surface area (Å²) in [7, 11) is 0. The molecule has 2 N–H and O–H groups in total. The molecule has 0 aliphatic carbocycles. The number of anilines is 1. The molecule has 0 aliphatic rings. The quantitative estimate of drug-likeness (QED) is 0.436. The van der Waals surface area contributed by atoms with Gasteiger partial charge < -0.3 is 14.8 Å². The van der Waals surface area contributed by atoms with E-state index < -0.39 is 18.5 Å². The highest BCUT2D eigenvalue weighted by Gasteiger charge is 2.17. The molecule has 30 heavy (non-hydrogen) atoms. The lowest BCUT2D eigenvalue weighted by Crippen LogP contribution is -2.21. The van der Waals surface area contributed by atoms with E-state index in [-0.39, 0.29) is 5.69 Å². The third kappa shape index (κ3) is 4.42. The van der Waals surface area contributed by atoms with Crippen molar-refractivity contribution in [2.45, 2.75) is 0 Å². The Balaban J connectivity index is 1.42. The minimum atomic E-state index is -0.700. The van der Waals surface area contributed by atoms with Crippen LogP contribution in [0.5, 0.6) is 11.5 Å². The molecule has 8 heteroatoms. The second-order valence-electron chi connectivity index (χ2n) is 6.30. The van der Waals surface area contributed by atoms with Crippen molar-refractivity contribution in [2.24, 2.45) is 0 Å². The molecule has 3 aromatic carbocycles. The van der Waals surface area contributed by atoms with Crippen LogP contribution in [0.4, 0.5) is 5.69 Å². The zero-order valence-corrected chi connectivity index (χ0v) is 16.3. The number of ether oxygens (including phenoxy) is 2. The molecule has 1 aromatic heterocycles. The number of H-pyrrole nitrogens is 1. The van der Waals surface area contributed by atoms with Crippen molar-refractivity contribution in [3.8, 4) is 11.5 Å². The molecule has 0 atom stereocenters. The summed E-state index contributed by atoms with van der Waals surface area (Å²) in [5, 5.41) is 10.4. The highest BCUT2D eigenvalue weighted by atomic mass is 35.5. The van der Waals surface area contributed by atoms with Gasteiger partial charge in [-0.3, -0.25) is 9.89 Å². The molecule has 0 spiro atoms. The van der Waals surface area contributed by atoms with Crippen molar-refractivity contribution in [1.82, 2.24) is 10.2 Å². The minimum absolute atomic E-state index is 0.120. The van der Waals surface area contributed by atoms with Crippen molar-refractivity contribution >= 4 is 40.1 Å². The Kier molecular flexibility index (Phi) is 5.63. The monoisotopic (exact) mass is 421 g/mol. The summed E-state index contributed by atoms with van der Waals surface area (Å²) in [4.78, 5) is 24.7. The van der Waals surface area contributed by atoms with Crippen molar-refractivity contribution in [3.05, 3.63) is 83.5 Å². The minimum Gasteiger partial charge on any atom is -0.455 e. The standard InChI is InChI=1S/C22H16ClN3O4/c23-14-10-11-19(30-15-6-2-1-3-7-15)18(12-14)24-20(27)13-29-22(28)21-16-8-4-5-9-17(16)25-26-21/h1-12H,13H2,(H,24,27)(H,25,26). The van der Waals surface area contributed by atoms with Crippen LogP contribution < -0.4 is 10.1 Å². The fraction of sp³-hybridized carbons (Fsp3) is 0.0455. The summed E-state index contributed by atoms with van der Waals surface area (Å²) in [6, 6.07) is 21.1. The molecule has 7 nitrogen and oxygen atoms in total. The van der Waals surface area contributed by atoms with Crippen molar-refractivity contribution < 1.29 is 19.1 Å². The van der Waals surface area contributed by atoms with Crippen LogP contribution in [0.15, 0.2) is 72.8 Å². The van der Waals surface area contributed by atoms with Crippen LogP contribution in [0.3, 0.4) is 0 Å². The first kappa shape index (κ1) is 19.5. The number of halogens is 1. The zero-order chi connectivity index (χ0) is 20.9. The zero-order valence-electron chi connectivity index (χ0n) is 15.6. The number of aromatic amines is 1. The van der Waals surface area contributed by atoms with E-state index in [4.69, 9.17) is 21.1 Å². The topological polar surface area (TPSA) is 93.3 Å². The summed E-state index contributed by atoms with van der Waals surface area (Å²) in [5.74, 6) is -0.228. The Bertz CT molecular complexity index is 1210. The fourth-order valence-electron chi connectivity index (χ4n) is 2.81. The third-order valence-corrected chi connectivity index (χ3v) is 4.42. The summed E-state index contributed by atoms with van der Waals surface area (Å²) in [6.07, 6.45) is 0. The van der Waals surface area contributed by atoms with E-state index in [9.17, 15) is 9.59 Å². The number of nitrogens with one attached hydrogen (secondary N) is 2. The molecule has 0 saturated heterocycles. The maximum Gasteiger partial charge on any atom is 0.359 e. The molecular formula is C22H16ClN3O4. The lowest BCUT2D eigenvalue weighted by Gasteiger charge is -2.13. The molecule has 1 heterocycles. The van der Waals surface area contributed by atoms with Crippen LogP contribution in [0.25, 0.3) is 10.9 Å². The Hall–Kier alpha value is -3.84. The van der Waals surface area contributed by atoms with Crippen LogP contribution in [0.2, 0.25) is 5.02 Å². The highest BCUT2D eigenvalue weighted by molar-refractivity contribution is 6.31. The van der Waals surface area contributed by atoms with Gasteiger partial charge in [0.2, 0.25) is 0 Å². The van der Waals surface area contributed by atoms with E-state index in [1.54, 1.807) is 48.5 Å². The van der Waals surface area contributed by atoms with E-state index in [1.807, 2.05) is 24.3 Å². The number of para-hydroxylation sites is 2. The first-order valence-electron chi connectivity index (χ1n) is 9.03. The van der Waals surface area contributed by atoms with E-state index in [0.717, 1.165) is 0 Å². The summed E-state index contributed by atoms with van der Waals surface area (Å²) >= 11 is 6.05. The predicted molar refractivity (Wildman–Crippen MR) is 113 cm³/mol. The van der Waals surface area contributed by atoms with E-state index in [1.165, 1.54) is 0 Å². The van der Waals surface area contributed by atoms with Gasteiger partial charge in [-0.2, -0.15) is 5.10 Å². The number of hydrogen-bond acceptors (Lipinski definition) is 5. The molecule has 1 amide bonds. The second-order valence-corrected chi connectivity index (χ2v) is 6.73. The lowest BCUT2D eigenvalue weighted by molar-refractivity contribution is -0.119. The summed E-state index contributed by atoms with van der Waals surface area (Å²) in [5.41, 5.74) is 1.18. The molecule has 0 unspecified atom stereocenters. The maximum absolute atomic E-state index is 12.4. The first-order valence-corrected chi connectivity index (χ1v) is 9.40. The number of carbonyl (C=O) groups is 2. The van der Waals surface area contributed by atoms with Gasteiger partial charge in [-0.05, 0) is 36.4 Å². The predicted octanol–water partition coefficient (Wildman–Crippen LogP) is 4.80. The van der Waals surface area contributed by atoms with Gasteiger partial charge >= 0.3 is 5.97 Å². The number of carbonyl (C=O) groups excluding carboxylic acids is 2. The largest absolute Gasteiger partial charge is 0.455 e. The van der Waals surface area contributed by atoms with Gasteiger partial charge in [-0.25, -0.2) is 4.79 Å². The van der Waals surface area contributed by atoms with Gasteiger partial charge in [0.05, 0.1) is 11.2 Å². The van der Waals surface area contributed by atoms with Crippen LogP contribution in [0.1, 0.15) is 10.5 Å². The normalized spacial score (nSPS) is 10.6. The molecule has 150 valence electrons. The first-order chi connectivity index (χ1) is 14.6. The number of fused-ring (bicyclic) bond motifs is 1. The van der Waals surface area contributed by atoms with Crippen LogP contribution >= 0.6 is 11.6 Å². The van der Waals surface area contributed by atoms with Crippen molar-refractivity contribution in [3.63, 3.8) is 0 Å². The molecule has 0 radical (unpaired) electrons. The van der Waals surface area contributed by atoms with Gasteiger partial charge in [-0.15, -0.1) is 0 Å². The smallest absolute Gasteiger partial charge is 0.359 e. The average Bonchev–Trinajstić information content (AvgIpc) is 3.19. The van der Waals surface area contributed by atoms with E-state index in [0.29, 0.717) is 33.1 Å². The number of aromatic nitrogens is 2. The lowest BCUT2D eigenvalue weighted by atomic mass is 10.2. The number of hydrogen-bond donors (Lipinski definition) is 2. The summed E-state index contributed by atoms with van der Waals surface area (Å²) in [6.45, 7) is -0.489. The Morgan fingerprint density at radius 1 is 1.00 bits per heavy atom. The SMILES string of the molecule is O=C(COC(=O)c1n[nH]c2ccccc12)Nc1cc(Cl)ccc1Oc1ccccc1. The van der Waals surface area contributed by atoms with Crippen molar-refractivity contribution in [1.29, 1.82) is 0 Å². The third-order valence-electron chi connectivity index (χ3n) is 4.18. The van der Waals surface area contributed by atoms with Gasteiger partial charge in [0, 0.05) is 10.4 Å². The van der Waals surface area contributed by atoms with E-state index >= 15 is 0 Å². The van der Waals surface area contributed by atoms with Gasteiger partial charge in [0.15, 0.2) is 18.1 Å². The Labute approximate surface area is 176 Å². The molecule has 0 fully saturated rings. The molecule has 0 aliphatic heterocycles. The fourth-order valence-corrected chi connectivity index (χ4v) is 2.98. The number of esters is 1. The van der Waals surface area contributed by atoms with Crippen LogP contribution in [-0.2, 0) is 9.53 Å². The van der Waals surface area contributed by atoms with Gasteiger partial charge in [-0.1, -0.05) is 48.0 Å². The molecule has 0 saturated carbocycles. The second kappa shape index (κ2) is 8.67. The van der Waals surface area contributed by atoms with Crippen molar-refractivity contribution in [2.75, 3.05) is 11.9 Å². The average molecular weight is 422 g/mol. The highest BCUT2D eigenvalue weighted by Crippen LogP contribution is 2.32.